The molecule has 108 valence electrons. The standard InChI is InChI=1S/C15H19NO4/c17-11-5-1-9(2-6-11)13-14(20-13)15(19)16-10-3-7-12(18)8-4-10/h1-2,5-6,10,12-14,17-18H,3-4,7-8H2,(H,16,19)/t10?,12?,13-,14+/m0/s1. The summed E-state index contributed by atoms with van der Waals surface area (Å²) in [5.74, 6) is 0.126. The highest BCUT2D eigenvalue weighted by atomic mass is 16.6. The fourth-order valence-electron chi connectivity index (χ4n) is 2.73. The first-order valence-electron chi connectivity index (χ1n) is 7.06. The molecule has 3 N–H and O–H groups in total. The smallest absolute Gasteiger partial charge is 0.252 e. The lowest BCUT2D eigenvalue weighted by Gasteiger charge is -2.25. The molecule has 0 spiro atoms. The number of aliphatic hydroxyl groups excluding tert-OH is 1. The van der Waals surface area contributed by atoms with Gasteiger partial charge in [-0.3, -0.25) is 4.79 Å². The molecule has 5 heteroatoms. The molecule has 1 saturated heterocycles. The Morgan fingerprint density at radius 3 is 2.45 bits per heavy atom. The summed E-state index contributed by atoms with van der Waals surface area (Å²) in [5, 5.41) is 21.7. The number of aliphatic hydroxyl groups is 1. The lowest BCUT2D eigenvalue weighted by atomic mass is 9.93. The first-order valence-corrected chi connectivity index (χ1v) is 7.06. The highest BCUT2D eigenvalue weighted by Crippen LogP contribution is 2.39. The van der Waals surface area contributed by atoms with Crippen LogP contribution in [0, 0.1) is 0 Å². The fraction of sp³-hybridized carbons (Fsp3) is 0.533. The van der Waals surface area contributed by atoms with Crippen molar-refractivity contribution in [3.05, 3.63) is 29.8 Å². The molecular formula is C15H19NO4. The number of phenolic OH excluding ortho intramolecular Hbond substituents is 1. The minimum absolute atomic E-state index is 0.0792. The van der Waals surface area contributed by atoms with E-state index >= 15 is 0 Å². The van der Waals surface area contributed by atoms with E-state index in [1.165, 1.54) is 0 Å². The van der Waals surface area contributed by atoms with Gasteiger partial charge in [0.1, 0.15) is 11.9 Å². The van der Waals surface area contributed by atoms with E-state index in [2.05, 4.69) is 5.32 Å². The van der Waals surface area contributed by atoms with Crippen LogP contribution in [0.5, 0.6) is 5.75 Å². The molecule has 3 rings (SSSR count). The average Bonchev–Trinajstić information content (AvgIpc) is 3.23. The van der Waals surface area contributed by atoms with Crippen molar-refractivity contribution in [1.29, 1.82) is 0 Å². The van der Waals surface area contributed by atoms with Crippen LogP contribution in [0.4, 0.5) is 0 Å². The van der Waals surface area contributed by atoms with Crippen LogP contribution in [0.3, 0.4) is 0 Å². The summed E-state index contributed by atoms with van der Waals surface area (Å²) < 4.78 is 5.42. The second-order valence-corrected chi connectivity index (χ2v) is 5.58. The molecule has 2 atom stereocenters. The molecule has 0 bridgehead atoms. The quantitative estimate of drug-likeness (QED) is 0.726. The van der Waals surface area contributed by atoms with E-state index in [9.17, 15) is 15.0 Å². The second kappa shape index (κ2) is 5.42. The van der Waals surface area contributed by atoms with Crippen LogP contribution in [0.25, 0.3) is 0 Å². The Morgan fingerprint density at radius 1 is 1.15 bits per heavy atom. The number of ether oxygens (including phenoxy) is 1. The van der Waals surface area contributed by atoms with Crippen molar-refractivity contribution >= 4 is 5.91 Å². The molecule has 1 aromatic carbocycles. The summed E-state index contributed by atoms with van der Waals surface area (Å²) in [6.07, 6.45) is 2.30. The summed E-state index contributed by atoms with van der Waals surface area (Å²) in [7, 11) is 0. The number of carbonyl (C=O) groups is 1. The van der Waals surface area contributed by atoms with E-state index in [-0.39, 0.29) is 29.9 Å². The number of hydrogen-bond acceptors (Lipinski definition) is 4. The van der Waals surface area contributed by atoms with Crippen molar-refractivity contribution < 1.29 is 19.7 Å². The fourth-order valence-corrected chi connectivity index (χ4v) is 2.73. The number of epoxide rings is 1. The van der Waals surface area contributed by atoms with E-state index in [4.69, 9.17) is 4.74 Å². The van der Waals surface area contributed by atoms with Crippen LogP contribution in [-0.4, -0.2) is 34.4 Å². The Hall–Kier alpha value is -1.59. The summed E-state index contributed by atoms with van der Waals surface area (Å²) in [5.41, 5.74) is 0.905. The number of rotatable bonds is 3. The Bertz CT molecular complexity index is 479. The van der Waals surface area contributed by atoms with E-state index < -0.39 is 6.10 Å². The highest BCUT2D eigenvalue weighted by molar-refractivity contribution is 5.84. The molecule has 1 aromatic rings. The third-order valence-corrected chi connectivity index (χ3v) is 4.01. The molecule has 1 aliphatic carbocycles. The van der Waals surface area contributed by atoms with Crippen LogP contribution in [0.15, 0.2) is 24.3 Å². The molecule has 0 radical (unpaired) electrons. The van der Waals surface area contributed by atoms with E-state index in [0.717, 1.165) is 31.2 Å². The molecule has 2 fully saturated rings. The molecular weight excluding hydrogens is 258 g/mol. The first-order chi connectivity index (χ1) is 9.63. The van der Waals surface area contributed by atoms with Crippen LogP contribution >= 0.6 is 0 Å². The predicted octanol–water partition coefficient (Wildman–Crippen LogP) is 1.25. The Kier molecular flexibility index (Phi) is 3.63. The SMILES string of the molecule is O=C(NC1CCC(O)CC1)[C@@H]1O[C@H]1c1ccc(O)cc1. The molecule has 0 unspecified atom stereocenters. The van der Waals surface area contributed by atoms with Crippen molar-refractivity contribution in [3.63, 3.8) is 0 Å². The van der Waals surface area contributed by atoms with Crippen molar-refractivity contribution in [2.24, 2.45) is 0 Å². The maximum Gasteiger partial charge on any atom is 0.252 e. The maximum absolute atomic E-state index is 12.1. The van der Waals surface area contributed by atoms with Crippen molar-refractivity contribution in [3.8, 4) is 5.75 Å². The van der Waals surface area contributed by atoms with Gasteiger partial charge in [-0.25, -0.2) is 0 Å². The topological polar surface area (TPSA) is 82.1 Å². The zero-order chi connectivity index (χ0) is 14.1. The Morgan fingerprint density at radius 2 is 1.80 bits per heavy atom. The number of hydrogen-bond donors (Lipinski definition) is 3. The molecule has 1 heterocycles. The molecule has 5 nitrogen and oxygen atoms in total. The number of benzene rings is 1. The summed E-state index contributed by atoms with van der Waals surface area (Å²) in [6.45, 7) is 0. The third-order valence-electron chi connectivity index (χ3n) is 4.01. The van der Waals surface area contributed by atoms with Gasteiger partial charge in [0.2, 0.25) is 0 Å². The minimum atomic E-state index is -0.425. The summed E-state index contributed by atoms with van der Waals surface area (Å²) >= 11 is 0. The van der Waals surface area contributed by atoms with Gasteiger partial charge in [0.25, 0.3) is 5.91 Å². The molecule has 2 aliphatic rings. The summed E-state index contributed by atoms with van der Waals surface area (Å²) in [4.78, 5) is 12.1. The van der Waals surface area contributed by atoms with Gasteiger partial charge in [-0.15, -0.1) is 0 Å². The molecule has 1 aliphatic heterocycles. The normalized spacial score (nSPS) is 32.6. The summed E-state index contributed by atoms with van der Waals surface area (Å²) in [6, 6.07) is 6.87. The van der Waals surface area contributed by atoms with Crippen LogP contribution in [0.2, 0.25) is 0 Å². The van der Waals surface area contributed by atoms with Gasteiger partial charge in [0, 0.05) is 6.04 Å². The molecule has 0 aromatic heterocycles. The minimum Gasteiger partial charge on any atom is -0.508 e. The maximum atomic E-state index is 12.1. The number of carbonyl (C=O) groups excluding carboxylic acids is 1. The monoisotopic (exact) mass is 277 g/mol. The molecule has 1 saturated carbocycles. The van der Waals surface area contributed by atoms with Gasteiger partial charge in [0.05, 0.1) is 6.10 Å². The van der Waals surface area contributed by atoms with Gasteiger partial charge in [-0.2, -0.15) is 0 Å². The van der Waals surface area contributed by atoms with Gasteiger partial charge in [-0.1, -0.05) is 12.1 Å². The van der Waals surface area contributed by atoms with Crippen molar-refractivity contribution in [1.82, 2.24) is 5.32 Å². The van der Waals surface area contributed by atoms with Crippen molar-refractivity contribution in [2.45, 2.75) is 50.0 Å². The van der Waals surface area contributed by atoms with Crippen LogP contribution < -0.4 is 5.32 Å². The van der Waals surface area contributed by atoms with Gasteiger partial charge in [-0.05, 0) is 43.4 Å². The number of aromatic hydroxyl groups is 1. The van der Waals surface area contributed by atoms with E-state index in [1.54, 1.807) is 24.3 Å². The first kappa shape index (κ1) is 13.4. The van der Waals surface area contributed by atoms with Gasteiger partial charge >= 0.3 is 0 Å². The predicted molar refractivity (Wildman–Crippen MR) is 72.1 cm³/mol. The van der Waals surface area contributed by atoms with E-state index in [1.807, 2.05) is 0 Å². The zero-order valence-corrected chi connectivity index (χ0v) is 11.2. The van der Waals surface area contributed by atoms with Gasteiger partial charge < -0.3 is 20.3 Å². The lowest BCUT2D eigenvalue weighted by Crippen LogP contribution is -2.40. The number of nitrogens with one attached hydrogen (secondary N) is 1. The Labute approximate surface area is 117 Å². The lowest BCUT2D eigenvalue weighted by molar-refractivity contribution is -0.123. The highest BCUT2D eigenvalue weighted by Gasteiger charge is 2.46. The Balaban J connectivity index is 1.51. The number of amides is 1. The second-order valence-electron chi connectivity index (χ2n) is 5.58. The molecule has 20 heavy (non-hydrogen) atoms. The van der Waals surface area contributed by atoms with Crippen LogP contribution in [-0.2, 0) is 9.53 Å². The number of phenols is 1. The van der Waals surface area contributed by atoms with Crippen molar-refractivity contribution in [2.75, 3.05) is 0 Å². The molecule has 1 amide bonds. The van der Waals surface area contributed by atoms with E-state index in [0.29, 0.717) is 0 Å². The van der Waals surface area contributed by atoms with Gasteiger partial charge in [0.15, 0.2) is 6.10 Å². The largest absolute Gasteiger partial charge is 0.508 e. The average molecular weight is 277 g/mol. The third kappa shape index (κ3) is 2.94. The van der Waals surface area contributed by atoms with Crippen LogP contribution in [0.1, 0.15) is 37.4 Å². The zero-order valence-electron chi connectivity index (χ0n) is 11.2.